The summed E-state index contributed by atoms with van der Waals surface area (Å²) in [5.74, 6) is -0.436. The van der Waals surface area contributed by atoms with Crippen molar-refractivity contribution in [3.63, 3.8) is 0 Å². The number of hydrogen-bond acceptors (Lipinski definition) is 5. The lowest BCUT2D eigenvalue weighted by atomic mass is 10.1. The second-order valence-corrected chi connectivity index (χ2v) is 4.96. The maximum Gasteiger partial charge on any atom is 0.160 e. The molecule has 0 spiro atoms. The lowest BCUT2D eigenvalue weighted by Crippen LogP contribution is -1.89. The van der Waals surface area contributed by atoms with E-state index in [2.05, 4.69) is 16.2 Å². The van der Waals surface area contributed by atoms with Crippen LogP contribution in [0.4, 0.5) is 10.1 Å². The average Bonchev–Trinajstić information content (AvgIpc) is 3.00. The Morgan fingerprint density at radius 1 is 1.25 bits per heavy atom. The Kier molecular flexibility index (Phi) is 4.34. The van der Waals surface area contributed by atoms with Crippen molar-refractivity contribution in [1.82, 2.24) is 5.16 Å². The molecule has 0 amide bonds. The smallest absolute Gasteiger partial charge is 0.160 e. The fraction of sp³-hybridized carbons (Fsp3) is 0.0556. The predicted octanol–water partition coefficient (Wildman–Crippen LogP) is 4.00. The molecule has 0 atom stereocenters. The molecular formula is C18H12FN3O2. The van der Waals surface area contributed by atoms with Crippen LogP contribution < -0.4 is 0 Å². The molecule has 5 nitrogen and oxygen atoms in total. The third kappa shape index (κ3) is 3.15. The lowest BCUT2D eigenvalue weighted by Gasteiger charge is -1.97. The number of rotatable bonds is 4. The van der Waals surface area contributed by atoms with E-state index in [1.165, 1.54) is 18.3 Å². The molecular weight excluding hydrogens is 309 g/mol. The number of benzene rings is 2. The van der Waals surface area contributed by atoms with Crippen LogP contribution in [0.1, 0.15) is 11.3 Å². The normalized spacial score (nSPS) is 10.8. The zero-order valence-electron chi connectivity index (χ0n) is 12.5. The van der Waals surface area contributed by atoms with Crippen molar-refractivity contribution >= 4 is 11.9 Å². The molecule has 1 N–H and O–H groups in total. The van der Waals surface area contributed by atoms with Crippen LogP contribution in [0.15, 0.2) is 58.0 Å². The van der Waals surface area contributed by atoms with Crippen LogP contribution in [-0.2, 0) is 6.42 Å². The van der Waals surface area contributed by atoms with Crippen molar-refractivity contribution in [3.8, 4) is 23.1 Å². The van der Waals surface area contributed by atoms with Crippen molar-refractivity contribution in [2.45, 2.75) is 6.42 Å². The molecule has 0 unspecified atom stereocenters. The summed E-state index contributed by atoms with van der Waals surface area (Å²) in [6, 6.07) is 15.0. The van der Waals surface area contributed by atoms with Gasteiger partial charge in [-0.2, -0.15) is 5.26 Å². The number of phenolic OH excluding ortho intramolecular Hbond substituents is 1. The summed E-state index contributed by atoms with van der Waals surface area (Å²) in [5.41, 5.74) is 1.68. The summed E-state index contributed by atoms with van der Waals surface area (Å²) in [5, 5.41) is 22.5. The molecule has 0 fully saturated rings. The molecule has 1 heterocycles. The third-order valence-corrected chi connectivity index (χ3v) is 3.36. The predicted molar refractivity (Wildman–Crippen MR) is 86.6 cm³/mol. The number of aromatic hydroxyl groups is 1. The van der Waals surface area contributed by atoms with Crippen molar-refractivity contribution in [2.75, 3.05) is 0 Å². The molecule has 0 aliphatic rings. The monoisotopic (exact) mass is 321 g/mol. The van der Waals surface area contributed by atoms with Crippen molar-refractivity contribution in [1.29, 1.82) is 5.26 Å². The van der Waals surface area contributed by atoms with E-state index in [-0.39, 0.29) is 17.9 Å². The second kappa shape index (κ2) is 6.75. The van der Waals surface area contributed by atoms with Gasteiger partial charge in [-0.3, -0.25) is 4.99 Å². The zero-order chi connectivity index (χ0) is 16.9. The van der Waals surface area contributed by atoms with Crippen LogP contribution in [0.2, 0.25) is 0 Å². The van der Waals surface area contributed by atoms with Gasteiger partial charge in [0.05, 0.1) is 5.69 Å². The van der Waals surface area contributed by atoms with Gasteiger partial charge in [0.1, 0.15) is 23.1 Å². The number of nitriles is 1. The molecule has 0 radical (unpaired) electrons. The van der Waals surface area contributed by atoms with E-state index in [9.17, 15) is 9.65 Å². The van der Waals surface area contributed by atoms with Gasteiger partial charge in [-0.25, -0.2) is 4.39 Å². The maximum absolute atomic E-state index is 13.6. The highest BCUT2D eigenvalue weighted by atomic mass is 19.1. The summed E-state index contributed by atoms with van der Waals surface area (Å²) in [4.78, 5) is 3.99. The Labute approximate surface area is 137 Å². The van der Waals surface area contributed by atoms with Crippen LogP contribution in [0.25, 0.3) is 11.3 Å². The van der Waals surface area contributed by atoms with Gasteiger partial charge in [0.25, 0.3) is 0 Å². The van der Waals surface area contributed by atoms with E-state index in [0.717, 1.165) is 11.6 Å². The quantitative estimate of drug-likeness (QED) is 0.736. The Hall–Kier alpha value is -3.46. The number of hydrogen-bond donors (Lipinski definition) is 1. The van der Waals surface area contributed by atoms with Crippen LogP contribution >= 0.6 is 0 Å². The summed E-state index contributed by atoms with van der Waals surface area (Å²) in [6.45, 7) is 0. The Bertz CT molecular complexity index is 927. The van der Waals surface area contributed by atoms with Gasteiger partial charge >= 0.3 is 0 Å². The molecule has 0 saturated heterocycles. The maximum atomic E-state index is 13.6. The first-order valence-electron chi connectivity index (χ1n) is 7.14. The van der Waals surface area contributed by atoms with Crippen LogP contribution in [0.5, 0.6) is 5.75 Å². The largest absolute Gasteiger partial charge is 0.508 e. The van der Waals surface area contributed by atoms with Gasteiger partial charge in [-0.1, -0.05) is 35.5 Å². The highest BCUT2D eigenvalue weighted by Gasteiger charge is 2.16. The summed E-state index contributed by atoms with van der Waals surface area (Å²) in [6.07, 6.45) is 1.63. The second-order valence-electron chi connectivity index (χ2n) is 4.96. The topological polar surface area (TPSA) is 82.4 Å². The first-order valence-corrected chi connectivity index (χ1v) is 7.14. The third-order valence-electron chi connectivity index (χ3n) is 3.36. The first kappa shape index (κ1) is 15.4. The minimum atomic E-state index is -0.630. The van der Waals surface area contributed by atoms with E-state index in [4.69, 9.17) is 9.63 Å². The van der Waals surface area contributed by atoms with E-state index >= 15 is 0 Å². The number of halogens is 1. The SMILES string of the molecule is N#Cc1c(-c2ccccc2)noc1CC=Nc1ccc(O)cc1F. The fourth-order valence-electron chi connectivity index (χ4n) is 2.20. The molecule has 0 bridgehead atoms. The van der Waals surface area contributed by atoms with Crippen LogP contribution in [0.3, 0.4) is 0 Å². The minimum Gasteiger partial charge on any atom is -0.508 e. The summed E-state index contributed by atoms with van der Waals surface area (Å²) >= 11 is 0. The summed E-state index contributed by atoms with van der Waals surface area (Å²) < 4.78 is 18.8. The van der Waals surface area contributed by atoms with Crippen molar-refractivity contribution < 1.29 is 14.0 Å². The molecule has 3 rings (SSSR count). The Balaban J connectivity index is 1.83. The van der Waals surface area contributed by atoms with Gasteiger partial charge in [0, 0.05) is 24.3 Å². The standard InChI is InChI=1S/C18H12FN3O2/c19-15-10-13(23)6-7-16(15)21-9-8-17-14(11-20)18(22-24-17)12-4-2-1-3-5-12/h1-7,9-10,23H,8H2. The van der Waals surface area contributed by atoms with Gasteiger partial charge in [0.15, 0.2) is 11.6 Å². The molecule has 24 heavy (non-hydrogen) atoms. The van der Waals surface area contributed by atoms with Crippen molar-refractivity contribution in [3.05, 3.63) is 65.7 Å². The highest BCUT2D eigenvalue weighted by molar-refractivity contribution is 5.71. The number of aromatic nitrogens is 1. The number of nitrogens with zero attached hydrogens (tertiary/aromatic N) is 3. The van der Waals surface area contributed by atoms with E-state index in [0.29, 0.717) is 17.0 Å². The average molecular weight is 321 g/mol. The van der Waals surface area contributed by atoms with Crippen molar-refractivity contribution in [2.24, 2.45) is 4.99 Å². The van der Waals surface area contributed by atoms with Crippen LogP contribution in [0, 0.1) is 17.1 Å². The Morgan fingerprint density at radius 2 is 2.04 bits per heavy atom. The van der Waals surface area contributed by atoms with Gasteiger partial charge in [-0.05, 0) is 12.1 Å². The molecule has 118 valence electrons. The van der Waals surface area contributed by atoms with E-state index in [1.807, 2.05) is 30.3 Å². The fourth-order valence-corrected chi connectivity index (χ4v) is 2.20. The van der Waals surface area contributed by atoms with Gasteiger partial charge in [0.2, 0.25) is 0 Å². The summed E-state index contributed by atoms with van der Waals surface area (Å²) in [7, 11) is 0. The molecule has 1 aromatic heterocycles. The molecule has 0 aliphatic heterocycles. The van der Waals surface area contributed by atoms with E-state index in [1.54, 1.807) is 0 Å². The molecule has 0 aliphatic carbocycles. The molecule has 3 aromatic rings. The number of aliphatic imine (C=N–C) groups is 1. The Morgan fingerprint density at radius 3 is 2.75 bits per heavy atom. The van der Waals surface area contributed by atoms with Gasteiger partial charge in [-0.15, -0.1) is 0 Å². The number of phenols is 1. The minimum absolute atomic E-state index is 0.0918. The van der Waals surface area contributed by atoms with E-state index < -0.39 is 5.82 Å². The highest BCUT2D eigenvalue weighted by Crippen LogP contribution is 2.25. The van der Waals surface area contributed by atoms with Gasteiger partial charge < -0.3 is 9.63 Å². The zero-order valence-corrected chi connectivity index (χ0v) is 12.5. The molecule has 6 heteroatoms. The van der Waals surface area contributed by atoms with Crippen LogP contribution in [-0.4, -0.2) is 16.5 Å². The molecule has 2 aromatic carbocycles. The first-order chi connectivity index (χ1) is 11.7. The molecule has 0 saturated carbocycles. The lowest BCUT2D eigenvalue weighted by molar-refractivity contribution is 0.395.